The molecule has 4 nitrogen and oxygen atoms in total. The number of rotatable bonds is 4. The highest BCUT2D eigenvalue weighted by molar-refractivity contribution is 5.73. The second-order valence-corrected chi connectivity index (χ2v) is 6.02. The average molecular weight is 274 g/mol. The van der Waals surface area contributed by atoms with Crippen molar-refractivity contribution in [3.63, 3.8) is 0 Å². The van der Waals surface area contributed by atoms with Gasteiger partial charge in [0.2, 0.25) is 0 Å². The molecule has 1 saturated heterocycles. The van der Waals surface area contributed by atoms with E-state index >= 15 is 0 Å². The van der Waals surface area contributed by atoms with Crippen molar-refractivity contribution in [3.05, 3.63) is 29.3 Å². The summed E-state index contributed by atoms with van der Waals surface area (Å²) in [4.78, 5) is 13.3. The molecule has 1 aromatic rings. The largest absolute Gasteiger partial charge is 0.480 e. The van der Waals surface area contributed by atoms with Gasteiger partial charge in [-0.1, -0.05) is 12.1 Å². The van der Waals surface area contributed by atoms with Gasteiger partial charge in [-0.3, -0.25) is 9.69 Å². The van der Waals surface area contributed by atoms with Crippen LogP contribution < -0.4 is 5.32 Å². The number of carboxylic acid groups (broad SMARTS) is 1. The summed E-state index contributed by atoms with van der Waals surface area (Å²) in [5.41, 5.74) is 3.97. The fourth-order valence-electron chi connectivity index (χ4n) is 3.40. The van der Waals surface area contributed by atoms with E-state index in [9.17, 15) is 9.90 Å². The summed E-state index contributed by atoms with van der Waals surface area (Å²) < 4.78 is 0. The van der Waals surface area contributed by atoms with Crippen molar-refractivity contribution in [1.82, 2.24) is 4.90 Å². The van der Waals surface area contributed by atoms with Gasteiger partial charge in [0, 0.05) is 18.3 Å². The second kappa shape index (κ2) is 5.44. The van der Waals surface area contributed by atoms with Gasteiger partial charge in [-0.25, -0.2) is 0 Å². The first-order valence-corrected chi connectivity index (χ1v) is 7.48. The first-order chi connectivity index (χ1) is 9.63. The summed E-state index contributed by atoms with van der Waals surface area (Å²) >= 11 is 0. The van der Waals surface area contributed by atoms with Crippen LogP contribution in [0.15, 0.2) is 18.2 Å². The van der Waals surface area contributed by atoms with Crippen molar-refractivity contribution in [2.45, 2.75) is 44.7 Å². The molecule has 0 aliphatic carbocycles. The molecular weight excluding hydrogens is 252 g/mol. The molecule has 0 radical (unpaired) electrons. The number of hydrogen-bond acceptors (Lipinski definition) is 3. The van der Waals surface area contributed by atoms with Crippen LogP contribution in [0, 0.1) is 0 Å². The number of carbonyl (C=O) groups is 1. The van der Waals surface area contributed by atoms with Gasteiger partial charge < -0.3 is 10.4 Å². The van der Waals surface area contributed by atoms with Gasteiger partial charge in [-0.15, -0.1) is 0 Å². The number of benzene rings is 1. The zero-order valence-electron chi connectivity index (χ0n) is 11.9. The lowest BCUT2D eigenvalue weighted by atomic mass is 10.0. The van der Waals surface area contributed by atoms with Crippen molar-refractivity contribution in [3.8, 4) is 0 Å². The molecule has 2 aliphatic rings. The zero-order chi connectivity index (χ0) is 14.1. The van der Waals surface area contributed by atoms with Crippen LogP contribution in [0.4, 0.5) is 5.69 Å². The molecule has 0 aromatic heterocycles. The lowest BCUT2D eigenvalue weighted by molar-refractivity contribution is -0.142. The van der Waals surface area contributed by atoms with E-state index in [2.05, 4.69) is 35.3 Å². The van der Waals surface area contributed by atoms with Crippen LogP contribution in [0.2, 0.25) is 0 Å². The second-order valence-electron chi connectivity index (χ2n) is 6.02. The fraction of sp³-hybridized carbons (Fsp3) is 0.562. The maximum absolute atomic E-state index is 11.2. The van der Waals surface area contributed by atoms with Crippen LogP contribution in [-0.2, 0) is 17.6 Å². The molecule has 1 fully saturated rings. The SMILES string of the molecule is CC1Cc2cc(CCN3CCCC3C(=O)O)ccc2N1. The van der Waals surface area contributed by atoms with Crippen molar-refractivity contribution in [2.75, 3.05) is 18.4 Å². The first-order valence-electron chi connectivity index (χ1n) is 7.48. The Morgan fingerprint density at radius 2 is 2.35 bits per heavy atom. The van der Waals surface area contributed by atoms with Gasteiger partial charge in [0.15, 0.2) is 0 Å². The van der Waals surface area contributed by atoms with Gasteiger partial charge in [-0.05, 0) is 56.3 Å². The molecule has 4 heteroatoms. The predicted octanol–water partition coefficient (Wildman–Crippen LogP) is 2.13. The van der Waals surface area contributed by atoms with E-state index < -0.39 is 5.97 Å². The Balaban J connectivity index is 1.62. The van der Waals surface area contributed by atoms with Gasteiger partial charge in [0.25, 0.3) is 0 Å². The Hall–Kier alpha value is -1.55. The van der Waals surface area contributed by atoms with Crippen molar-refractivity contribution in [1.29, 1.82) is 0 Å². The summed E-state index contributed by atoms with van der Waals surface area (Å²) in [5, 5.41) is 12.6. The number of anilines is 1. The van der Waals surface area contributed by atoms with Gasteiger partial charge in [0.1, 0.15) is 6.04 Å². The Morgan fingerprint density at radius 3 is 3.15 bits per heavy atom. The summed E-state index contributed by atoms with van der Waals surface area (Å²) in [6.45, 7) is 3.96. The Kier molecular flexibility index (Phi) is 3.66. The highest BCUT2D eigenvalue weighted by atomic mass is 16.4. The third-order valence-corrected chi connectivity index (χ3v) is 4.43. The predicted molar refractivity (Wildman–Crippen MR) is 79.2 cm³/mol. The highest BCUT2D eigenvalue weighted by Gasteiger charge is 2.29. The number of nitrogens with zero attached hydrogens (tertiary/aromatic N) is 1. The summed E-state index contributed by atoms with van der Waals surface area (Å²) in [7, 11) is 0. The van der Waals surface area contributed by atoms with E-state index in [1.165, 1.54) is 16.8 Å². The van der Waals surface area contributed by atoms with E-state index in [4.69, 9.17) is 0 Å². The standard InChI is InChI=1S/C16H22N2O2/c1-11-9-13-10-12(4-5-14(13)17-11)6-8-18-7-2-3-15(18)16(19)20/h4-5,10-11,15,17H,2-3,6-9H2,1H3,(H,19,20). The third kappa shape index (κ3) is 2.66. The van der Waals surface area contributed by atoms with E-state index in [-0.39, 0.29) is 6.04 Å². The maximum Gasteiger partial charge on any atom is 0.320 e. The van der Waals surface area contributed by atoms with E-state index in [0.717, 1.165) is 38.8 Å². The Morgan fingerprint density at radius 1 is 1.50 bits per heavy atom. The van der Waals surface area contributed by atoms with Crippen LogP contribution in [0.25, 0.3) is 0 Å². The summed E-state index contributed by atoms with van der Waals surface area (Å²) in [6.07, 6.45) is 3.82. The van der Waals surface area contributed by atoms with Crippen LogP contribution in [0.3, 0.4) is 0 Å². The number of aliphatic carboxylic acids is 1. The molecule has 0 bridgehead atoms. The minimum atomic E-state index is -0.672. The molecular formula is C16H22N2O2. The molecule has 1 aromatic carbocycles. The summed E-state index contributed by atoms with van der Waals surface area (Å²) in [5.74, 6) is -0.672. The molecule has 2 heterocycles. The lowest BCUT2D eigenvalue weighted by Gasteiger charge is -2.20. The van der Waals surface area contributed by atoms with Crippen molar-refractivity contribution < 1.29 is 9.90 Å². The molecule has 2 N–H and O–H groups in total. The molecule has 2 aliphatic heterocycles. The molecule has 2 atom stereocenters. The number of hydrogen-bond donors (Lipinski definition) is 2. The van der Waals surface area contributed by atoms with Gasteiger partial charge in [0.05, 0.1) is 0 Å². The van der Waals surface area contributed by atoms with E-state index in [1.54, 1.807) is 0 Å². The number of fused-ring (bicyclic) bond motifs is 1. The van der Waals surface area contributed by atoms with Gasteiger partial charge >= 0.3 is 5.97 Å². The number of carboxylic acids is 1. The Bertz CT molecular complexity index is 515. The molecule has 0 saturated carbocycles. The van der Waals surface area contributed by atoms with E-state index in [1.807, 2.05) is 0 Å². The van der Waals surface area contributed by atoms with Crippen LogP contribution in [0.5, 0.6) is 0 Å². The van der Waals surface area contributed by atoms with Crippen molar-refractivity contribution in [2.24, 2.45) is 0 Å². The normalized spacial score (nSPS) is 25.4. The van der Waals surface area contributed by atoms with Gasteiger partial charge in [-0.2, -0.15) is 0 Å². The van der Waals surface area contributed by atoms with Crippen LogP contribution in [0.1, 0.15) is 30.9 Å². The average Bonchev–Trinajstić information content (AvgIpc) is 3.00. The monoisotopic (exact) mass is 274 g/mol. The summed E-state index contributed by atoms with van der Waals surface area (Å²) in [6, 6.07) is 6.85. The van der Waals surface area contributed by atoms with Crippen molar-refractivity contribution >= 4 is 11.7 Å². The maximum atomic E-state index is 11.2. The van der Waals surface area contributed by atoms with Crippen LogP contribution >= 0.6 is 0 Å². The molecule has 3 rings (SSSR count). The van der Waals surface area contributed by atoms with E-state index in [0.29, 0.717) is 6.04 Å². The zero-order valence-corrected chi connectivity index (χ0v) is 11.9. The molecule has 20 heavy (non-hydrogen) atoms. The number of likely N-dealkylation sites (tertiary alicyclic amines) is 1. The minimum Gasteiger partial charge on any atom is -0.480 e. The smallest absolute Gasteiger partial charge is 0.320 e. The number of nitrogens with one attached hydrogen (secondary N) is 1. The minimum absolute atomic E-state index is 0.272. The fourth-order valence-corrected chi connectivity index (χ4v) is 3.40. The van der Waals surface area contributed by atoms with Crippen LogP contribution in [-0.4, -0.2) is 41.1 Å². The molecule has 2 unspecified atom stereocenters. The molecule has 0 spiro atoms. The lowest BCUT2D eigenvalue weighted by Crippen LogP contribution is -2.37. The molecule has 0 amide bonds. The Labute approximate surface area is 119 Å². The molecule has 108 valence electrons. The topological polar surface area (TPSA) is 52.6 Å². The first kappa shape index (κ1) is 13.4. The third-order valence-electron chi connectivity index (χ3n) is 4.43. The quantitative estimate of drug-likeness (QED) is 0.883. The highest BCUT2D eigenvalue weighted by Crippen LogP contribution is 2.27.